The standard InChI is InChI=1S/C17H21N3O2/c1-20-17(22)14-10-6-5-9-13(14)15(19-20)16(21)18-11-12-7-3-2-4-8-12/h5-6,9-10,12H,2-4,7-8,11H2,1H3,(H,18,21). The molecule has 0 spiro atoms. The molecule has 5 nitrogen and oxygen atoms in total. The first-order valence-corrected chi connectivity index (χ1v) is 7.91. The number of nitrogens with zero attached hydrogens (tertiary/aromatic N) is 2. The van der Waals surface area contributed by atoms with Crippen LogP contribution in [0, 0.1) is 5.92 Å². The van der Waals surface area contributed by atoms with Gasteiger partial charge in [0.05, 0.1) is 5.39 Å². The van der Waals surface area contributed by atoms with Gasteiger partial charge in [-0.2, -0.15) is 5.10 Å². The number of hydrogen-bond donors (Lipinski definition) is 1. The molecular formula is C17H21N3O2. The zero-order chi connectivity index (χ0) is 15.5. The highest BCUT2D eigenvalue weighted by molar-refractivity contribution is 6.04. The number of rotatable bonds is 3. The maximum absolute atomic E-state index is 12.5. The highest BCUT2D eigenvalue weighted by Crippen LogP contribution is 2.23. The van der Waals surface area contributed by atoms with Crippen LogP contribution in [0.4, 0.5) is 0 Å². The zero-order valence-electron chi connectivity index (χ0n) is 12.8. The summed E-state index contributed by atoms with van der Waals surface area (Å²) in [5.74, 6) is 0.369. The number of nitrogens with one attached hydrogen (secondary N) is 1. The Balaban J connectivity index is 1.84. The largest absolute Gasteiger partial charge is 0.350 e. The Morgan fingerprint density at radius 1 is 1.23 bits per heavy atom. The van der Waals surface area contributed by atoms with Crippen molar-refractivity contribution in [2.45, 2.75) is 32.1 Å². The van der Waals surface area contributed by atoms with E-state index < -0.39 is 0 Å². The van der Waals surface area contributed by atoms with E-state index in [1.54, 1.807) is 25.2 Å². The van der Waals surface area contributed by atoms with E-state index in [1.165, 1.54) is 36.8 Å². The number of amides is 1. The Bertz CT molecular complexity index is 745. The molecule has 3 rings (SSSR count). The van der Waals surface area contributed by atoms with E-state index in [0.29, 0.717) is 28.9 Å². The van der Waals surface area contributed by atoms with Gasteiger partial charge in [-0.1, -0.05) is 37.5 Å². The molecule has 1 aromatic heterocycles. The summed E-state index contributed by atoms with van der Waals surface area (Å²) < 4.78 is 1.23. The second-order valence-electron chi connectivity index (χ2n) is 6.04. The molecule has 0 aliphatic heterocycles. The van der Waals surface area contributed by atoms with Crippen molar-refractivity contribution >= 4 is 16.7 Å². The highest BCUT2D eigenvalue weighted by Gasteiger charge is 2.18. The highest BCUT2D eigenvalue weighted by atomic mass is 16.2. The van der Waals surface area contributed by atoms with Crippen LogP contribution in [0.5, 0.6) is 0 Å². The lowest BCUT2D eigenvalue weighted by Gasteiger charge is -2.21. The van der Waals surface area contributed by atoms with Crippen LogP contribution in [0.3, 0.4) is 0 Å². The third-order valence-corrected chi connectivity index (χ3v) is 4.45. The molecule has 1 fully saturated rings. The molecule has 22 heavy (non-hydrogen) atoms. The van der Waals surface area contributed by atoms with Crippen molar-refractivity contribution < 1.29 is 4.79 Å². The van der Waals surface area contributed by atoms with Crippen LogP contribution in [-0.4, -0.2) is 22.2 Å². The Hall–Kier alpha value is -2.17. The summed E-state index contributed by atoms with van der Waals surface area (Å²) in [7, 11) is 1.58. The van der Waals surface area contributed by atoms with Gasteiger partial charge in [0.15, 0.2) is 5.69 Å². The summed E-state index contributed by atoms with van der Waals surface area (Å²) >= 11 is 0. The van der Waals surface area contributed by atoms with Crippen LogP contribution < -0.4 is 10.9 Å². The smallest absolute Gasteiger partial charge is 0.274 e. The van der Waals surface area contributed by atoms with E-state index in [0.717, 1.165) is 0 Å². The molecule has 116 valence electrons. The molecule has 1 saturated carbocycles. The molecule has 0 saturated heterocycles. The van der Waals surface area contributed by atoms with Crippen LogP contribution >= 0.6 is 0 Å². The second-order valence-corrected chi connectivity index (χ2v) is 6.04. The van der Waals surface area contributed by atoms with Gasteiger partial charge < -0.3 is 5.32 Å². The average Bonchev–Trinajstić information content (AvgIpc) is 2.57. The summed E-state index contributed by atoms with van der Waals surface area (Å²) in [5, 5.41) is 8.30. The quantitative estimate of drug-likeness (QED) is 0.945. The SMILES string of the molecule is Cn1nc(C(=O)NCC2CCCCC2)c2ccccc2c1=O. The van der Waals surface area contributed by atoms with Gasteiger partial charge in [-0.05, 0) is 24.8 Å². The first kappa shape index (κ1) is 14.8. The topological polar surface area (TPSA) is 64.0 Å². The summed E-state index contributed by atoms with van der Waals surface area (Å²) in [6.45, 7) is 0.692. The van der Waals surface area contributed by atoms with Gasteiger partial charge in [-0.3, -0.25) is 9.59 Å². The van der Waals surface area contributed by atoms with Crippen molar-refractivity contribution in [3.63, 3.8) is 0 Å². The van der Waals surface area contributed by atoms with E-state index in [-0.39, 0.29) is 11.5 Å². The molecule has 1 aliphatic rings. The zero-order valence-corrected chi connectivity index (χ0v) is 12.8. The molecule has 0 radical (unpaired) electrons. The Labute approximate surface area is 129 Å². The number of carbonyl (C=O) groups is 1. The minimum absolute atomic E-state index is 0.181. The van der Waals surface area contributed by atoms with Crippen molar-refractivity contribution in [2.75, 3.05) is 6.54 Å². The lowest BCUT2D eigenvalue weighted by atomic mass is 9.89. The third-order valence-electron chi connectivity index (χ3n) is 4.45. The number of hydrogen-bond acceptors (Lipinski definition) is 3. The number of aryl methyl sites for hydroxylation is 1. The third kappa shape index (κ3) is 2.89. The number of fused-ring (bicyclic) bond motifs is 1. The predicted molar refractivity (Wildman–Crippen MR) is 85.9 cm³/mol. The summed E-state index contributed by atoms with van der Waals surface area (Å²) in [6, 6.07) is 7.13. The van der Waals surface area contributed by atoms with E-state index >= 15 is 0 Å². The first-order valence-electron chi connectivity index (χ1n) is 7.91. The maximum atomic E-state index is 12.5. The van der Waals surface area contributed by atoms with Gasteiger partial charge in [0.25, 0.3) is 11.5 Å². The fourth-order valence-corrected chi connectivity index (χ4v) is 3.18. The Morgan fingerprint density at radius 2 is 1.91 bits per heavy atom. The minimum atomic E-state index is -0.197. The molecule has 1 aromatic carbocycles. The fraction of sp³-hybridized carbons (Fsp3) is 0.471. The minimum Gasteiger partial charge on any atom is -0.350 e. The fourth-order valence-electron chi connectivity index (χ4n) is 3.18. The van der Waals surface area contributed by atoms with Gasteiger partial charge in [-0.25, -0.2) is 4.68 Å². The maximum Gasteiger partial charge on any atom is 0.274 e. The lowest BCUT2D eigenvalue weighted by Crippen LogP contribution is -2.33. The molecule has 5 heteroatoms. The van der Waals surface area contributed by atoms with Crippen molar-refractivity contribution in [2.24, 2.45) is 13.0 Å². The van der Waals surface area contributed by atoms with Crippen LogP contribution in [0.25, 0.3) is 10.8 Å². The summed E-state index contributed by atoms with van der Waals surface area (Å²) in [6.07, 6.45) is 6.17. The van der Waals surface area contributed by atoms with Crippen LogP contribution in [0.1, 0.15) is 42.6 Å². The Kier molecular flexibility index (Phi) is 4.22. The van der Waals surface area contributed by atoms with Crippen molar-refractivity contribution in [1.29, 1.82) is 0 Å². The van der Waals surface area contributed by atoms with Gasteiger partial charge >= 0.3 is 0 Å². The lowest BCUT2D eigenvalue weighted by molar-refractivity contribution is 0.0938. The van der Waals surface area contributed by atoms with Crippen molar-refractivity contribution in [3.05, 3.63) is 40.3 Å². The van der Waals surface area contributed by atoms with E-state index in [1.807, 2.05) is 6.07 Å². The van der Waals surface area contributed by atoms with Gasteiger partial charge in [0, 0.05) is 19.0 Å². The van der Waals surface area contributed by atoms with Gasteiger partial charge in [-0.15, -0.1) is 0 Å². The predicted octanol–water partition coefficient (Wildman–Crippen LogP) is 2.24. The van der Waals surface area contributed by atoms with Crippen LogP contribution in [-0.2, 0) is 7.05 Å². The van der Waals surface area contributed by atoms with E-state index in [2.05, 4.69) is 10.4 Å². The number of carbonyl (C=O) groups excluding carboxylic acids is 1. The molecule has 1 N–H and O–H groups in total. The monoisotopic (exact) mass is 299 g/mol. The number of aromatic nitrogens is 2. The number of benzene rings is 1. The molecule has 0 unspecified atom stereocenters. The van der Waals surface area contributed by atoms with Crippen LogP contribution in [0.2, 0.25) is 0 Å². The summed E-state index contributed by atoms with van der Waals surface area (Å²) in [4.78, 5) is 24.6. The molecule has 1 heterocycles. The Morgan fingerprint density at radius 3 is 2.64 bits per heavy atom. The molecular weight excluding hydrogens is 278 g/mol. The molecule has 0 atom stereocenters. The normalized spacial score (nSPS) is 15.9. The molecule has 2 aromatic rings. The first-order chi connectivity index (χ1) is 10.7. The average molecular weight is 299 g/mol. The van der Waals surface area contributed by atoms with E-state index in [4.69, 9.17) is 0 Å². The van der Waals surface area contributed by atoms with Gasteiger partial charge in [0.1, 0.15) is 0 Å². The molecule has 0 bridgehead atoms. The van der Waals surface area contributed by atoms with E-state index in [9.17, 15) is 9.59 Å². The van der Waals surface area contributed by atoms with Crippen molar-refractivity contribution in [1.82, 2.24) is 15.1 Å². The van der Waals surface area contributed by atoms with Gasteiger partial charge in [0.2, 0.25) is 0 Å². The second kappa shape index (κ2) is 6.30. The van der Waals surface area contributed by atoms with Crippen LogP contribution in [0.15, 0.2) is 29.1 Å². The molecule has 1 aliphatic carbocycles. The summed E-state index contributed by atoms with van der Waals surface area (Å²) in [5.41, 5.74) is 0.146. The molecule has 1 amide bonds. The van der Waals surface area contributed by atoms with Crippen molar-refractivity contribution in [3.8, 4) is 0 Å².